The van der Waals surface area contributed by atoms with E-state index in [2.05, 4.69) is 26.0 Å². The van der Waals surface area contributed by atoms with Gasteiger partial charge in [0.2, 0.25) is 0 Å². The number of aliphatic hydroxyl groups is 1. The van der Waals surface area contributed by atoms with Crippen LogP contribution in [-0.2, 0) is 0 Å². The largest absolute Gasteiger partial charge is 0.496 e. The molecule has 112 valence electrons. The molecule has 2 nitrogen and oxygen atoms in total. The summed E-state index contributed by atoms with van der Waals surface area (Å²) in [6.07, 6.45) is 0.502. The topological polar surface area (TPSA) is 29.5 Å². The smallest absolute Gasteiger partial charge is 0.122 e. The fourth-order valence-corrected chi connectivity index (χ4v) is 2.44. The van der Waals surface area contributed by atoms with Crippen molar-refractivity contribution in [1.29, 1.82) is 0 Å². The Balaban J connectivity index is 2.25. The SMILES string of the molecule is CCC(C)c1ccc(C(O)c2ccc(C)c(OC)c2)cc1. The van der Waals surface area contributed by atoms with Crippen LogP contribution in [0.15, 0.2) is 42.5 Å². The second-order valence-corrected chi connectivity index (χ2v) is 5.61. The van der Waals surface area contributed by atoms with Gasteiger partial charge in [0.15, 0.2) is 0 Å². The summed E-state index contributed by atoms with van der Waals surface area (Å²) in [4.78, 5) is 0. The van der Waals surface area contributed by atoms with E-state index in [1.807, 2.05) is 37.3 Å². The number of methoxy groups -OCH3 is 1. The van der Waals surface area contributed by atoms with Crippen molar-refractivity contribution in [2.45, 2.75) is 39.2 Å². The van der Waals surface area contributed by atoms with Crippen molar-refractivity contribution in [3.05, 3.63) is 64.7 Å². The summed E-state index contributed by atoms with van der Waals surface area (Å²) in [5.74, 6) is 1.36. The van der Waals surface area contributed by atoms with Gasteiger partial charge in [0.05, 0.1) is 7.11 Å². The van der Waals surface area contributed by atoms with Crippen LogP contribution in [0.1, 0.15) is 54.5 Å². The molecule has 0 amide bonds. The third-order valence-corrected chi connectivity index (χ3v) is 4.18. The van der Waals surface area contributed by atoms with E-state index in [1.54, 1.807) is 7.11 Å². The molecular formula is C19H24O2. The molecule has 0 aliphatic heterocycles. The highest BCUT2D eigenvalue weighted by Crippen LogP contribution is 2.28. The van der Waals surface area contributed by atoms with Crippen LogP contribution in [0.5, 0.6) is 5.75 Å². The zero-order valence-corrected chi connectivity index (χ0v) is 13.3. The molecule has 0 spiro atoms. The van der Waals surface area contributed by atoms with E-state index >= 15 is 0 Å². The minimum atomic E-state index is -0.620. The van der Waals surface area contributed by atoms with Crippen molar-refractivity contribution in [2.24, 2.45) is 0 Å². The van der Waals surface area contributed by atoms with E-state index in [0.717, 1.165) is 28.9 Å². The summed E-state index contributed by atoms with van der Waals surface area (Å²) >= 11 is 0. The number of aryl methyl sites for hydroxylation is 1. The van der Waals surface area contributed by atoms with Crippen LogP contribution < -0.4 is 4.74 Å². The average Bonchev–Trinajstić information content (AvgIpc) is 2.54. The summed E-state index contributed by atoms with van der Waals surface area (Å²) in [5, 5.41) is 10.5. The number of hydrogen-bond donors (Lipinski definition) is 1. The first-order chi connectivity index (χ1) is 10.1. The normalized spacial score (nSPS) is 13.8. The molecule has 0 bridgehead atoms. The predicted octanol–water partition coefficient (Wildman–Crippen LogP) is 4.60. The van der Waals surface area contributed by atoms with E-state index in [1.165, 1.54) is 5.56 Å². The van der Waals surface area contributed by atoms with Gasteiger partial charge in [-0.2, -0.15) is 0 Å². The van der Waals surface area contributed by atoms with Crippen LogP contribution in [0, 0.1) is 6.92 Å². The number of hydrogen-bond acceptors (Lipinski definition) is 2. The Bertz CT molecular complexity index is 587. The average molecular weight is 284 g/mol. The molecule has 2 heteroatoms. The van der Waals surface area contributed by atoms with Gasteiger partial charge in [0.25, 0.3) is 0 Å². The van der Waals surface area contributed by atoms with Gasteiger partial charge in [-0.25, -0.2) is 0 Å². The molecule has 2 aromatic carbocycles. The molecule has 2 rings (SSSR count). The second-order valence-electron chi connectivity index (χ2n) is 5.61. The Hall–Kier alpha value is -1.80. The Labute approximate surface area is 127 Å². The van der Waals surface area contributed by atoms with Gasteiger partial charge in [-0.15, -0.1) is 0 Å². The third kappa shape index (κ3) is 3.45. The van der Waals surface area contributed by atoms with E-state index in [4.69, 9.17) is 4.74 Å². The fourth-order valence-electron chi connectivity index (χ4n) is 2.44. The molecule has 2 unspecified atom stereocenters. The van der Waals surface area contributed by atoms with Crippen molar-refractivity contribution in [3.8, 4) is 5.75 Å². The van der Waals surface area contributed by atoms with Gasteiger partial charge in [-0.3, -0.25) is 0 Å². The molecule has 0 aromatic heterocycles. The highest BCUT2D eigenvalue weighted by Gasteiger charge is 2.13. The summed E-state index contributed by atoms with van der Waals surface area (Å²) in [5.41, 5.74) is 4.15. The monoisotopic (exact) mass is 284 g/mol. The molecule has 0 aliphatic carbocycles. The maximum absolute atomic E-state index is 10.5. The summed E-state index contributed by atoms with van der Waals surface area (Å²) in [6, 6.07) is 14.1. The van der Waals surface area contributed by atoms with Gasteiger partial charge in [0.1, 0.15) is 11.9 Å². The lowest BCUT2D eigenvalue weighted by atomic mass is 9.94. The summed E-state index contributed by atoms with van der Waals surface area (Å²) in [7, 11) is 1.65. The van der Waals surface area contributed by atoms with Crippen LogP contribution >= 0.6 is 0 Å². The van der Waals surface area contributed by atoms with Crippen molar-refractivity contribution >= 4 is 0 Å². The molecule has 0 heterocycles. The van der Waals surface area contributed by atoms with Crippen molar-refractivity contribution in [2.75, 3.05) is 7.11 Å². The van der Waals surface area contributed by atoms with Gasteiger partial charge >= 0.3 is 0 Å². The number of rotatable bonds is 5. The number of aliphatic hydroxyl groups excluding tert-OH is 1. The zero-order valence-electron chi connectivity index (χ0n) is 13.3. The van der Waals surface area contributed by atoms with E-state index < -0.39 is 6.10 Å². The molecule has 0 fully saturated rings. The second kappa shape index (κ2) is 6.77. The van der Waals surface area contributed by atoms with Gasteiger partial charge < -0.3 is 9.84 Å². The maximum Gasteiger partial charge on any atom is 0.122 e. The van der Waals surface area contributed by atoms with Gasteiger partial charge in [0, 0.05) is 0 Å². The van der Waals surface area contributed by atoms with E-state index in [0.29, 0.717) is 5.92 Å². The van der Waals surface area contributed by atoms with Gasteiger partial charge in [-0.1, -0.05) is 50.2 Å². The van der Waals surface area contributed by atoms with E-state index in [9.17, 15) is 5.11 Å². The quantitative estimate of drug-likeness (QED) is 0.869. The van der Waals surface area contributed by atoms with Crippen molar-refractivity contribution in [1.82, 2.24) is 0 Å². The van der Waals surface area contributed by atoms with Crippen LogP contribution in [-0.4, -0.2) is 12.2 Å². The molecule has 0 radical (unpaired) electrons. The Morgan fingerprint density at radius 1 is 1.00 bits per heavy atom. The lowest BCUT2D eigenvalue weighted by molar-refractivity contribution is 0.219. The molecule has 2 aromatic rings. The lowest BCUT2D eigenvalue weighted by Crippen LogP contribution is -2.01. The molecule has 0 saturated carbocycles. The standard InChI is InChI=1S/C19H24O2/c1-5-13(2)15-8-10-16(11-9-15)19(20)17-7-6-14(3)18(12-17)21-4/h6-13,19-20H,5H2,1-4H3. The molecule has 0 aliphatic rings. The first-order valence-corrected chi connectivity index (χ1v) is 7.49. The number of ether oxygens (including phenoxy) is 1. The molecule has 2 atom stereocenters. The fraction of sp³-hybridized carbons (Fsp3) is 0.368. The Morgan fingerprint density at radius 2 is 1.57 bits per heavy atom. The van der Waals surface area contributed by atoms with Crippen molar-refractivity contribution < 1.29 is 9.84 Å². The highest BCUT2D eigenvalue weighted by molar-refractivity contribution is 5.40. The van der Waals surface area contributed by atoms with Crippen molar-refractivity contribution in [3.63, 3.8) is 0 Å². The van der Waals surface area contributed by atoms with Crippen LogP contribution in [0.25, 0.3) is 0 Å². The third-order valence-electron chi connectivity index (χ3n) is 4.18. The zero-order chi connectivity index (χ0) is 15.4. The molecule has 0 saturated heterocycles. The summed E-state index contributed by atoms with van der Waals surface area (Å²) in [6.45, 7) is 6.40. The Morgan fingerprint density at radius 3 is 2.14 bits per heavy atom. The molecular weight excluding hydrogens is 260 g/mol. The maximum atomic E-state index is 10.5. The molecule has 1 N–H and O–H groups in total. The first-order valence-electron chi connectivity index (χ1n) is 7.49. The minimum Gasteiger partial charge on any atom is -0.496 e. The Kier molecular flexibility index (Phi) is 5.03. The molecule has 21 heavy (non-hydrogen) atoms. The summed E-state index contributed by atoms with van der Waals surface area (Å²) < 4.78 is 5.33. The highest BCUT2D eigenvalue weighted by atomic mass is 16.5. The predicted molar refractivity (Wildman–Crippen MR) is 86.9 cm³/mol. The minimum absolute atomic E-state index is 0.552. The van der Waals surface area contributed by atoms with Crippen LogP contribution in [0.3, 0.4) is 0 Å². The van der Waals surface area contributed by atoms with Crippen LogP contribution in [0.4, 0.5) is 0 Å². The van der Waals surface area contributed by atoms with Gasteiger partial charge in [-0.05, 0) is 47.6 Å². The van der Waals surface area contributed by atoms with Crippen LogP contribution in [0.2, 0.25) is 0 Å². The number of benzene rings is 2. The van der Waals surface area contributed by atoms with E-state index in [-0.39, 0.29) is 0 Å². The lowest BCUT2D eigenvalue weighted by Gasteiger charge is -2.15. The first kappa shape index (κ1) is 15.6.